The van der Waals surface area contributed by atoms with E-state index < -0.39 is 0 Å². The normalized spacial score (nSPS) is 17.0. The van der Waals surface area contributed by atoms with Gasteiger partial charge in [0.05, 0.1) is 5.66 Å². The van der Waals surface area contributed by atoms with Crippen molar-refractivity contribution in [2.24, 2.45) is 0 Å². The Bertz CT molecular complexity index is 888. The van der Waals surface area contributed by atoms with Gasteiger partial charge in [0.25, 0.3) is 5.91 Å². The monoisotopic (exact) mass is 401 g/mol. The fourth-order valence-electron chi connectivity index (χ4n) is 4.17. The van der Waals surface area contributed by atoms with Gasteiger partial charge in [0, 0.05) is 39.3 Å². The minimum absolute atomic E-state index is 0.0916. The summed E-state index contributed by atoms with van der Waals surface area (Å²) in [5.41, 5.74) is 6.00. The van der Waals surface area contributed by atoms with Crippen molar-refractivity contribution in [3.05, 3.63) is 34.9 Å². The maximum Gasteiger partial charge on any atom is 0.263 e. The zero-order valence-corrected chi connectivity index (χ0v) is 17.8. The largest absolute Gasteiger partial charge is 0.371 e. The van der Waals surface area contributed by atoms with Crippen LogP contribution in [0.15, 0.2) is 18.2 Å². The lowest BCUT2D eigenvalue weighted by molar-refractivity contribution is 0.102. The molecule has 10 heteroatoms. The SMILES string of the molecule is CNc1nn(NC)c(NC)c1C(=O)Nc1cccc2c1C(NC)CC2(NC)NC. The molecule has 1 atom stereocenters. The molecule has 1 aliphatic carbocycles. The lowest BCUT2D eigenvalue weighted by Gasteiger charge is -2.30. The minimum atomic E-state index is -0.354. The molecule has 29 heavy (non-hydrogen) atoms. The average Bonchev–Trinajstić information content (AvgIpc) is 3.29. The highest BCUT2D eigenvalue weighted by molar-refractivity contribution is 6.11. The molecule has 1 aliphatic rings. The quantitative estimate of drug-likeness (QED) is 0.322. The number of rotatable bonds is 8. The van der Waals surface area contributed by atoms with Crippen LogP contribution in [0.4, 0.5) is 17.3 Å². The van der Waals surface area contributed by atoms with Crippen LogP contribution in [0.2, 0.25) is 0 Å². The highest BCUT2D eigenvalue weighted by Gasteiger charge is 2.42. The van der Waals surface area contributed by atoms with Crippen molar-refractivity contribution in [3.8, 4) is 0 Å². The van der Waals surface area contributed by atoms with E-state index in [4.69, 9.17) is 0 Å². The van der Waals surface area contributed by atoms with Crippen molar-refractivity contribution in [3.63, 3.8) is 0 Å². The summed E-state index contributed by atoms with van der Waals surface area (Å²) in [7, 11) is 11.0. The van der Waals surface area contributed by atoms with Gasteiger partial charge < -0.3 is 26.7 Å². The number of hydrogen-bond acceptors (Lipinski definition) is 8. The highest BCUT2D eigenvalue weighted by Crippen LogP contribution is 2.45. The molecule has 0 aliphatic heterocycles. The topological polar surface area (TPSA) is 119 Å². The minimum Gasteiger partial charge on any atom is -0.371 e. The van der Waals surface area contributed by atoms with Gasteiger partial charge in [-0.05, 0) is 38.3 Å². The fourth-order valence-corrected chi connectivity index (χ4v) is 4.17. The third kappa shape index (κ3) is 3.28. The van der Waals surface area contributed by atoms with Crippen molar-refractivity contribution in [2.45, 2.75) is 18.1 Å². The molecule has 0 spiro atoms. The maximum atomic E-state index is 13.3. The first-order valence-electron chi connectivity index (χ1n) is 9.66. The summed E-state index contributed by atoms with van der Waals surface area (Å²) in [4.78, 5) is 14.8. The van der Waals surface area contributed by atoms with Crippen LogP contribution >= 0.6 is 0 Å². The van der Waals surface area contributed by atoms with Gasteiger partial charge in [0.2, 0.25) is 0 Å². The van der Waals surface area contributed by atoms with Crippen molar-refractivity contribution in [2.75, 3.05) is 63.7 Å². The molecule has 2 aromatic rings. The summed E-state index contributed by atoms with van der Waals surface area (Å²) in [5.74, 6) is 0.820. The summed E-state index contributed by atoms with van der Waals surface area (Å²) in [6.45, 7) is 0. The van der Waals surface area contributed by atoms with Crippen LogP contribution in [-0.2, 0) is 5.66 Å². The number of carbonyl (C=O) groups is 1. The molecule has 0 saturated heterocycles. The van der Waals surface area contributed by atoms with Crippen LogP contribution in [0.5, 0.6) is 0 Å². The molecule has 1 aromatic carbocycles. The number of aromatic nitrogens is 2. The first-order valence-corrected chi connectivity index (χ1v) is 9.66. The van der Waals surface area contributed by atoms with Crippen LogP contribution in [0, 0.1) is 0 Å². The standard InChI is InChI=1S/C19H31N9O/c1-20-13-10-19(23-4,24-5)11-8-7-9-12(14(11)13)26-18(29)15-16(21-2)27-28(25-6)17(15)22-3/h7-9,13,20,22-25H,10H2,1-6H3,(H,21,27)(H,26,29). The van der Waals surface area contributed by atoms with E-state index in [-0.39, 0.29) is 17.6 Å². The van der Waals surface area contributed by atoms with Crippen LogP contribution in [0.25, 0.3) is 0 Å². The Labute approximate surface area is 171 Å². The van der Waals surface area contributed by atoms with Gasteiger partial charge in [-0.15, -0.1) is 5.10 Å². The molecule has 3 rings (SSSR count). The van der Waals surface area contributed by atoms with E-state index in [1.54, 1.807) is 21.1 Å². The van der Waals surface area contributed by atoms with E-state index in [0.29, 0.717) is 17.2 Å². The molecule has 1 amide bonds. The molecule has 0 fully saturated rings. The number of nitrogens with one attached hydrogen (secondary N) is 7. The molecule has 158 valence electrons. The summed E-state index contributed by atoms with van der Waals surface area (Å²) in [5, 5.41) is 23.7. The number of amides is 1. The Hall–Kier alpha value is -2.82. The Kier molecular flexibility index (Phi) is 5.96. The zero-order valence-electron chi connectivity index (χ0n) is 17.8. The Morgan fingerprint density at radius 3 is 2.38 bits per heavy atom. The van der Waals surface area contributed by atoms with Gasteiger partial charge >= 0.3 is 0 Å². The van der Waals surface area contributed by atoms with Gasteiger partial charge in [0.15, 0.2) is 11.6 Å². The van der Waals surface area contributed by atoms with Gasteiger partial charge in [-0.2, -0.15) is 4.79 Å². The van der Waals surface area contributed by atoms with Crippen LogP contribution in [0.3, 0.4) is 0 Å². The number of nitrogens with zero attached hydrogens (tertiary/aromatic N) is 2. The number of benzene rings is 1. The zero-order chi connectivity index (χ0) is 21.2. The molecular formula is C19H31N9O. The smallest absolute Gasteiger partial charge is 0.263 e. The molecule has 1 unspecified atom stereocenters. The van der Waals surface area contributed by atoms with Crippen molar-refractivity contribution in [1.29, 1.82) is 0 Å². The second-order valence-corrected chi connectivity index (χ2v) is 6.88. The van der Waals surface area contributed by atoms with Crippen LogP contribution in [-0.4, -0.2) is 58.1 Å². The average molecular weight is 402 g/mol. The number of anilines is 3. The summed E-state index contributed by atoms with van der Waals surface area (Å²) >= 11 is 0. The van der Waals surface area contributed by atoms with Crippen molar-refractivity contribution < 1.29 is 4.79 Å². The third-order valence-electron chi connectivity index (χ3n) is 5.67. The lowest BCUT2D eigenvalue weighted by Crippen LogP contribution is -2.49. The molecule has 10 nitrogen and oxygen atoms in total. The Balaban J connectivity index is 2.04. The van der Waals surface area contributed by atoms with Gasteiger partial charge in [-0.1, -0.05) is 12.1 Å². The third-order valence-corrected chi connectivity index (χ3v) is 5.67. The van der Waals surface area contributed by atoms with Gasteiger partial charge in [-0.3, -0.25) is 15.4 Å². The van der Waals surface area contributed by atoms with E-state index in [1.807, 2.05) is 33.3 Å². The van der Waals surface area contributed by atoms with Gasteiger partial charge in [0.1, 0.15) is 5.56 Å². The summed E-state index contributed by atoms with van der Waals surface area (Å²) < 4.78 is 0. The van der Waals surface area contributed by atoms with E-state index in [0.717, 1.165) is 23.2 Å². The van der Waals surface area contributed by atoms with Gasteiger partial charge in [-0.25, -0.2) is 0 Å². The van der Waals surface area contributed by atoms with E-state index in [2.05, 4.69) is 48.5 Å². The highest BCUT2D eigenvalue weighted by atomic mass is 16.1. The maximum absolute atomic E-state index is 13.3. The van der Waals surface area contributed by atoms with Crippen molar-refractivity contribution in [1.82, 2.24) is 25.8 Å². The molecule has 0 radical (unpaired) electrons. The predicted molar refractivity (Wildman–Crippen MR) is 117 cm³/mol. The van der Waals surface area contributed by atoms with E-state index in [1.165, 1.54) is 4.79 Å². The molecule has 7 N–H and O–H groups in total. The Morgan fingerprint density at radius 2 is 1.83 bits per heavy atom. The van der Waals surface area contributed by atoms with E-state index >= 15 is 0 Å². The second kappa shape index (κ2) is 8.27. The number of carbonyl (C=O) groups excluding carboxylic acids is 1. The fraction of sp³-hybridized carbons (Fsp3) is 0.474. The summed E-state index contributed by atoms with van der Waals surface area (Å²) in [6.07, 6.45) is 0.819. The first-order chi connectivity index (χ1) is 14.0. The predicted octanol–water partition coefficient (Wildman–Crippen LogP) is 0.648. The molecule has 1 aromatic heterocycles. The lowest BCUT2D eigenvalue weighted by atomic mass is 10.0. The van der Waals surface area contributed by atoms with Crippen LogP contribution in [0.1, 0.15) is 33.9 Å². The molecule has 0 saturated carbocycles. The molecule has 1 heterocycles. The Morgan fingerprint density at radius 1 is 1.10 bits per heavy atom. The molecule has 0 bridgehead atoms. The van der Waals surface area contributed by atoms with Crippen LogP contribution < -0.4 is 37.3 Å². The van der Waals surface area contributed by atoms with Crippen molar-refractivity contribution >= 4 is 23.2 Å². The second-order valence-electron chi connectivity index (χ2n) is 6.88. The number of hydrogen-bond donors (Lipinski definition) is 7. The van der Waals surface area contributed by atoms with E-state index in [9.17, 15) is 4.79 Å². The summed E-state index contributed by atoms with van der Waals surface area (Å²) in [6, 6.07) is 6.08. The first kappa shape index (κ1) is 20.9. The molecular weight excluding hydrogens is 370 g/mol. The number of fused-ring (bicyclic) bond motifs is 1.